The number of hydrogen-bond acceptors (Lipinski definition) is 3. The zero-order valence-electron chi connectivity index (χ0n) is 16.8. The maximum atomic E-state index is 12.6. The summed E-state index contributed by atoms with van der Waals surface area (Å²) in [5.41, 5.74) is 0.743. The van der Waals surface area contributed by atoms with Crippen molar-refractivity contribution in [3.63, 3.8) is 0 Å². The molecule has 1 aromatic rings. The van der Waals surface area contributed by atoms with Gasteiger partial charge in [-0.15, -0.1) is 12.4 Å². The van der Waals surface area contributed by atoms with E-state index in [0.717, 1.165) is 19.3 Å². The number of benzene rings is 1. The maximum Gasteiger partial charge on any atom is 0.253 e. The van der Waals surface area contributed by atoms with E-state index in [1.807, 2.05) is 20.8 Å². The molecule has 2 aliphatic rings. The highest BCUT2D eigenvalue weighted by Crippen LogP contribution is 2.33. The molecule has 1 heterocycles. The summed E-state index contributed by atoms with van der Waals surface area (Å²) in [6.07, 6.45) is 6.61. The van der Waals surface area contributed by atoms with Gasteiger partial charge in [0.15, 0.2) is 0 Å². The van der Waals surface area contributed by atoms with Crippen LogP contribution in [0.3, 0.4) is 0 Å². The molecule has 3 rings (SSSR count). The van der Waals surface area contributed by atoms with Crippen LogP contribution in [-0.2, 0) is 4.79 Å². The van der Waals surface area contributed by atoms with E-state index in [2.05, 4.69) is 16.0 Å². The topological polar surface area (TPSA) is 70.2 Å². The van der Waals surface area contributed by atoms with Crippen molar-refractivity contribution in [2.24, 2.45) is 5.92 Å². The van der Waals surface area contributed by atoms with Crippen LogP contribution in [0, 0.1) is 5.92 Å². The lowest BCUT2D eigenvalue weighted by molar-refractivity contribution is -0.117. The first kappa shape index (κ1) is 23.0. The molecular weight excluding hydrogens is 397 g/mol. The predicted molar refractivity (Wildman–Crippen MR) is 116 cm³/mol. The quantitative estimate of drug-likeness (QED) is 0.645. The van der Waals surface area contributed by atoms with Gasteiger partial charge in [0.05, 0.1) is 16.6 Å². The Balaban J connectivity index is 0.00000280. The van der Waals surface area contributed by atoms with Crippen LogP contribution < -0.4 is 16.0 Å². The molecule has 0 radical (unpaired) electrons. The van der Waals surface area contributed by atoms with Gasteiger partial charge < -0.3 is 16.0 Å². The third kappa shape index (κ3) is 5.40. The van der Waals surface area contributed by atoms with Crippen molar-refractivity contribution < 1.29 is 9.59 Å². The van der Waals surface area contributed by atoms with Gasteiger partial charge in [-0.3, -0.25) is 9.59 Å². The number of rotatable bonds is 5. The van der Waals surface area contributed by atoms with Gasteiger partial charge in [-0.05, 0) is 63.6 Å². The fraction of sp³-hybridized carbons (Fsp3) is 0.619. The van der Waals surface area contributed by atoms with Crippen LogP contribution in [0.5, 0.6) is 0 Å². The van der Waals surface area contributed by atoms with E-state index in [1.165, 1.54) is 19.3 Å². The molecule has 0 aromatic heterocycles. The molecule has 5 nitrogen and oxygen atoms in total. The van der Waals surface area contributed by atoms with E-state index in [-0.39, 0.29) is 35.8 Å². The van der Waals surface area contributed by atoms with Gasteiger partial charge in [-0.2, -0.15) is 0 Å². The smallest absolute Gasteiger partial charge is 0.253 e. The van der Waals surface area contributed by atoms with E-state index in [9.17, 15) is 9.59 Å². The van der Waals surface area contributed by atoms with Gasteiger partial charge in [0.25, 0.3) is 5.91 Å². The number of fused-ring (bicyclic) bond motifs is 1. The van der Waals surface area contributed by atoms with Gasteiger partial charge in [-0.1, -0.05) is 31.4 Å². The second-order valence-corrected chi connectivity index (χ2v) is 8.89. The number of amides is 2. The summed E-state index contributed by atoms with van der Waals surface area (Å²) < 4.78 is 0. The molecule has 3 unspecified atom stereocenters. The maximum absolute atomic E-state index is 12.6. The summed E-state index contributed by atoms with van der Waals surface area (Å²) >= 11 is 6.31. The molecule has 7 heteroatoms. The number of nitrogens with one attached hydrogen (secondary N) is 3. The highest BCUT2D eigenvalue weighted by atomic mass is 35.5. The Bertz CT molecular complexity index is 710. The van der Waals surface area contributed by atoms with E-state index in [0.29, 0.717) is 28.2 Å². The van der Waals surface area contributed by atoms with Crippen molar-refractivity contribution in [1.29, 1.82) is 0 Å². The summed E-state index contributed by atoms with van der Waals surface area (Å²) in [6.45, 7) is 5.97. The van der Waals surface area contributed by atoms with Gasteiger partial charge in [0, 0.05) is 17.3 Å². The van der Waals surface area contributed by atoms with Gasteiger partial charge in [0.1, 0.15) is 0 Å². The largest absolute Gasteiger partial charge is 0.347 e. The Kier molecular flexibility index (Phi) is 7.77. The molecule has 0 bridgehead atoms. The number of carbonyl (C=O) groups is 2. The molecule has 2 amide bonds. The van der Waals surface area contributed by atoms with Crippen LogP contribution in [0.2, 0.25) is 5.02 Å². The highest BCUT2D eigenvalue weighted by molar-refractivity contribution is 6.34. The van der Waals surface area contributed by atoms with Crippen molar-refractivity contribution >= 4 is 41.5 Å². The molecule has 1 saturated carbocycles. The standard InChI is InChI=1S/C21H30ClN3O2.ClH/c1-4-21(2,3)25-19(26)15-10-9-14(12-16(15)22)23-20(27)18-11-13-7-5-6-8-17(13)24-18;/h9-10,12-13,17-18,24H,4-8,11H2,1-3H3,(H,23,27)(H,25,26);1H. The lowest BCUT2D eigenvalue weighted by Gasteiger charge is -2.24. The van der Waals surface area contributed by atoms with Crippen LogP contribution in [0.25, 0.3) is 0 Å². The van der Waals surface area contributed by atoms with Crippen molar-refractivity contribution in [1.82, 2.24) is 10.6 Å². The van der Waals surface area contributed by atoms with E-state index < -0.39 is 0 Å². The minimum atomic E-state index is -0.293. The minimum absolute atomic E-state index is 0. The van der Waals surface area contributed by atoms with Gasteiger partial charge in [0.2, 0.25) is 5.91 Å². The molecule has 1 saturated heterocycles. The van der Waals surface area contributed by atoms with Crippen LogP contribution in [0.15, 0.2) is 18.2 Å². The fourth-order valence-corrected chi connectivity index (χ4v) is 4.26. The lowest BCUT2D eigenvalue weighted by Crippen LogP contribution is -2.42. The van der Waals surface area contributed by atoms with Crippen molar-refractivity contribution in [3.05, 3.63) is 28.8 Å². The third-order valence-electron chi connectivity index (χ3n) is 6.00. The molecule has 1 aliphatic heterocycles. The second-order valence-electron chi connectivity index (χ2n) is 8.48. The Morgan fingerprint density at radius 3 is 2.61 bits per heavy atom. The number of carbonyl (C=O) groups excluding carboxylic acids is 2. The monoisotopic (exact) mass is 427 g/mol. The van der Waals surface area contributed by atoms with Crippen LogP contribution >= 0.6 is 24.0 Å². The molecule has 3 N–H and O–H groups in total. The zero-order valence-corrected chi connectivity index (χ0v) is 18.4. The Labute approximate surface area is 178 Å². The average molecular weight is 428 g/mol. The van der Waals surface area contributed by atoms with Gasteiger partial charge >= 0.3 is 0 Å². The molecule has 156 valence electrons. The number of anilines is 1. The summed E-state index contributed by atoms with van der Waals surface area (Å²) in [6, 6.07) is 5.38. The van der Waals surface area contributed by atoms with Crippen molar-refractivity contribution in [2.45, 2.75) is 76.9 Å². The zero-order chi connectivity index (χ0) is 19.6. The van der Waals surface area contributed by atoms with Crippen LogP contribution in [-0.4, -0.2) is 29.4 Å². The summed E-state index contributed by atoms with van der Waals surface area (Å²) in [7, 11) is 0. The summed E-state index contributed by atoms with van der Waals surface area (Å²) in [5, 5.41) is 9.74. The molecule has 3 atom stereocenters. The summed E-state index contributed by atoms with van der Waals surface area (Å²) in [5.74, 6) is 0.391. The van der Waals surface area contributed by atoms with E-state index in [4.69, 9.17) is 11.6 Å². The number of hydrogen-bond donors (Lipinski definition) is 3. The lowest BCUT2D eigenvalue weighted by atomic mass is 9.85. The Hall–Kier alpha value is -1.30. The minimum Gasteiger partial charge on any atom is -0.347 e. The summed E-state index contributed by atoms with van der Waals surface area (Å²) in [4.78, 5) is 25.1. The molecular formula is C21H31Cl2N3O2. The van der Waals surface area contributed by atoms with Gasteiger partial charge in [-0.25, -0.2) is 0 Å². The SMILES string of the molecule is CCC(C)(C)NC(=O)c1ccc(NC(=O)C2CC3CCCCC3N2)cc1Cl.Cl. The first-order valence-corrected chi connectivity index (χ1v) is 10.4. The first-order valence-electron chi connectivity index (χ1n) is 9.98. The Morgan fingerprint density at radius 2 is 1.96 bits per heavy atom. The number of halogens is 2. The van der Waals surface area contributed by atoms with Crippen LogP contribution in [0.1, 0.15) is 69.7 Å². The normalized spacial score (nSPS) is 24.1. The molecule has 0 spiro atoms. The Morgan fingerprint density at radius 1 is 1.25 bits per heavy atom. The molecule has 28 heavy (non-hydrogen) atoms. The van der Waals surface area contributed by atoms with E-state index in [1.54, 1.807) is 18.2 Å². The van der Waals surface area contributed by atoms with Crippen molar-refractivity contribution in [2.75, 3.05) is 5.32 Å². The first-order chi connectivity index (χ1) is 12.8. The predicted octanol–water partition coefficient (Wildman–Crippen LogP) is 4.54. The molecule has 1 aliphatic carbocycles. The molecule has 1 aromatic carbocycles. The van der Waals surface area contributed by atoms with Crippen LogP contribution in [0.4, 0.5) is 5.69 Å². The second kappa shape index (κ2) is 9.47. The fourth-order valence-electron chi connectivity index (χ4n) is 3.99. The highest BCUT2D eigenvalue weighted by Gasteiger charge is 2.38. The molecule has 2 fully saturated rings. The van der Waals surface area contributed by atoms with Crippen molar-refractivity contribution in [3.8, 4) is 0 Å². The average Bonchev–Trinajstić information content (AvgIpc) is 3.05. The van der Waals surface area contributed by atoms with E-state index >= 15 is 0 Å². The third-order valence-corrected chi connectivity index (χ3v) is 6.31.